The van der Waals surface area contributed by atoms with Crippen LogP contribution in [0.4, 0.5) is 11.5 Å². The Bertz CT molecular complexity index is 1170. The Morgan fingerprint density at radius 1 is 1.20 bits per heavy atom. The number of para-hydroxylation sites is 1. The van der Waals surface area contributed by atoms with Crippen LogP contribution in [0.3, 0.4) is 0 Å². The molecule has 0 fully saturated rings. The van der Waals surface area contributed by atoms with Crippen LogP contribution in [0.25, 0.3) is 10.2 Å². The predicted octanol–water partition coefficient (Wildman–Crippen LogP) is 3.33. The molecule has 0 atom stereocenters. The van der Waals surface area contributed by atoms with Crippen molar-refractivity contribution in [1.82, 2.24) is 9.97 Å². The summed E-state index contributed by atoms with van der Waals surface area (Å²) in [4.78, 5) is 44.4. The smallest absolute Gasteiger partial charge is 0.348 e. The molecular weight excluding hydrogens is 412 g/mol. The molecule has 2 heterocycles. The Kier molecular flexibility index (Phi) is 5.92. The van der Waals surface area contributed by atoms with Crippen LogP contribution in [0.1, 0.15) is 43.9 Å². The lowest BCUT2D eigenvalue weighted by Crippen LogP contribution is -2.11. The second-order valence-electron chi connectivity index (χ2n) is 6.29. The van der Waals surface area contributed by atoms with Crippen LogP contribution < -0.4 is 5.73 Å². The Balaban J connectivity index is 1.87. The molecule has 2 aromatic heterocycles. The van der Waals surface area contributed by atoms with Gasteiger partial charge in [0, 0.05) is 5.56 Å². The minimum atomic E-state index is -0.873. The summed E-state index contributed by atoms with van der Waals surface area (Å²) in [5.74, 6) is -1.10. The molecule has 0 saturated carbocycles. The fraction of sp³-hybridized carbons (Fsp3) is 0.263. The van der Waals surface area contributed by atoms with E-state index in [1.165, 1.54) is 25.1 Å². The van der Waals surface area contributed by atoms with Crippen LogP contribution >= 0.6 is 11.3 Å². The molecule has 11 heteroatoms. The number of nitro benzene ring substituents is 1. The fourth-order valence-electron chi connectivity index (χ4n) is 2.95. The number of hydrogen-bond acceptors (Lipinski definition) is 10. The zero-order valence-corrected chi connectivity index (χ0v) is 17.2. The lowest BCUT2D eigenvalue weighted by Gasteiger charge is -2.07. The molecule has 0 unspecified atom stereocenters. The first-order valence-electron chi connectivity index (χ1n) is 8.88. The second-order valence-corrected chi connectivity index (χ2v) is 7.29. The Labute approximate surface area is 174 Å². The number of benzene rings is 1. The minimum Gasteiger partial charge on any atom is -0.462 e. The van der Waals surface area contributed by atoms with E-state index in [4.69, 9.17) is 15.2 Å². The number of nitrogen functional groups attached to an aromatic ring is 1. The molecule has 0 amide bonds. The second kappa shape index (κ2) is 8.41. The van der Waals surface area contributed by atoms with Gasteiger partial charge < -0.3 is 15.2 Å². The summed E-state index contributed by atoms with van der Waals surface area (Å²) in [5, 5.41) is 11.8. The number of nitrogens with two attached hydrogens (primary N) is 1. The number of aromatic nitrogens is 2. The third-order valence-corrected chi connectivity index (χ3v) is 5.46. The zero-order valence-electron chi connectivity index (χ0n) is 16.4. The van der Waals surface area contributed by atoms with Crippen molar-refractivity contribution in [1.29, 1.82) is 0 Å². The molecule has 0 saturated heterocycles. The van der Waals surface area contributed by atoms with Gasteiger partial charge in [0.05, 0.1) is 16.9 Å². The number of carbonyl (C=O) groups is 2. The van der Waals surface area contributed by atoms with Crippen LogP contribution in [0.2, 0.25) is 0 Å². The molecule has 0 aliphatic heterocycles. The van der Waals surface area contributed by atoms with E-state index in [0.717, 1.165) is 11.3 Å². The monoisotopic (exact) mass is 430 g/mol. The van der Waals surface area contributed by atoms with Crippen LogP contribution in [-0.4, -0.2) is 33.4 Å². The maximum atomic E-state index is 12.4. The van der Waals surface area contributed by atoms with Gasteiger partial charge in [-0.2, -0.15) is 0 Å². The molecule has 30 heavy (non-hydrogen) atoms. The quantitative estimate of drug-likeness (QED) is 0.353. The predicted molar refractivity (Wildman–Crippen MR) is 109 cm³/mol. The van der Waals surface area contributed by atoms with Crippen LogP contribution in [0, 0.1) is 24.0 Å². The molecule has 0 aliphatic rings. The van der Waals surface area contributed by atoms with Gasteiger partial charge in [0.1, 0.15) is 21.1 Å². The van der Waals surface area contributed by atoms with Crippen molar-refractivity contribution >= 4 is 45.0 Å². The van der Waals surface area contributed by atoms with Crippen LogP contribution in [0.15, 0.2) is 18.2 Å². The molecule has 2 N–H and O–H groups in total. The summed E-state index contributed by atoms with van der Waals surface area (Å²) in [5.41, 5.74) is 6.51. The highest BCUT2D eigenvalue weighted by Gasteiger charge is 2.24. The highest BCUT2D eigenvalue weighted by molar-refractivity contribution is 7.20. The van der Waals surface area contributed by atoms with Crippen molar-refractivity contribution in [3.63, 3.8) is 0 Å². The van der Waals surface area contributed by atoms with Crippen molar-refractivity contribution in [2.24, 2.45) is 0 Å². The highest BCUT2D eigenvalue weighted by Crippen LogP contribution is 2.33. The number of nitrogens with zero attached hydrogens (tertiary/aromatic N) is 3. The first kappa shape index (κ1) is 21.1. The van der Waals surface area contributed by atoms with Gasteiger partial charge in [-0.15, -0.1) is 11.3 Å². The number of carbonyl (C=O) groups excluding carboxylic acids is 2. The van der Waals surface area contributed by atoms with Crippen molar-refractivity contribution in [3.05, 3.63) is 55.7 Å². The van der Waals surface area contributed by atoms with Gasteiger partial charge in [-0.25, -0.2) is 19.6 Å². The van der Waals surface area contributed by atoms with Gasteiger partial charge in [0.15, 0.2) is 12.4 Å². The largest absolute Gasteiger partial charge is 0.462 e. The molecule has 0 spiro atoms. The number of fused-ring (bicyclic) bond motifs is 1. The molecule has 3 aromatic rings. The third-order valence-electron chi connectivity index (χ3n) is 4.30. The molecule has 1 aromatic carbocycles. The van der Waals surface area contributed by atoms with Gasteiger partial charge >= 0.3 is 11.9 Å². The highest BCUT2D eigenvalue weighted by atomic mass is 32.1. The summed E-state index contributed by atoms with van der Waals surface area (Å²) in [6.07, 6.45) is 0. The standard InChI is InChI=1S/C19H18N4O6S/c1-4-28-19(25)15-10(3)13-16(20)21-12(22-17(13)30-15)8-29-18(24)11-7-5-6-9(2)14(11)23(26)27/h5-7H,4,8H2,1-3H3,(H2,20,21,22). The van der Waals surface area contributed by atoms with Gasteiger partial charge in [-0.1, -0.05) is 12.1 Å². The molecule has 0 aliphatic carbocycles. The summed E-state index contributed by atoms with van der Waals surface area (Å²) in [6.45, 7) is 4.86. The molecule has 156 valence electrons. The Hall–Kier alpha value is -3.60. The SMILES string of the molecule is CCOC(=O)c1sc2nc(COC(=O)c3cccc(C)c3[N+](=O)[O-])nc(N)c2c1C. The summed E-state index contributed by atoms with van der Waals surface area (Å²) in [6, 6.07) is 4.39. The van der Waals surface area contributed by atoms with Crippen molar-refractivity contribution in [2.75, 3.05) is 12.3 Å². The summed E-state index contributed by atoms with van der Waals surface area (Å²) < 4.78 is 10.2. The maximum absolute atomic E-state index is 12.4. The minimum absolute atomic E-state index is 0.111. The molecule has 3 rings (SSSR count). The number of thiophene rings is 1. The van der Waals surface area contributed by atoms with Crippen LogP contribution in [0.5, 0.6) is 0 Å². The number of ether oxygens (including phenoxy) is 2. The van der Waals surface area contributed by atoms with E-state index in [0.29, 0.717) is 26.2 Å². The fourth-order valence-corrected chi connectivity index (χ4v) is 4.05. The maximum Gasteiger partial charge on any atom is 0.348 e. The van der Waals surface area contributed by atoms with E-state index >= 15 is 0 Å². The van der Waals surface area contributed by atoms with Gasteiger partial charge in [0.2, 0.25) is 0 Å². The number of nitro groups is 1. The van der Waals surface area contributed by atoms with Crippen molar-refractivity contribution < 1.29 is 24.0 Å². The third kappa shape index (κ3) is 3.92. The van der Waals surface area contributed by atoms with E-state index in [1.807, 2.05) is 0 Å². The van der Waals surface area contributed by atoms with Crippen molar-refractivity contribution in [3.8, 4) is 0 Å². The van der Waals surface area contributed by atoms with E-state index in [-0.39, 0.29) is 36.1 Å². The van der Waals surface area contributed by atoms with Crippen LogP contribution in [-0.2, 0) is 16.1 Å². The molecule has 0 radical (unpaired) electrons. The summed E-state index contributed by atoms with van der Waals surface area (Å²) >= 11 is 1.10. The topological polar surface area (TPSA) is 148 Å². The first-order valence-corrected chi connectivity index (χ1v) is 9.70. The van der Waals surface area contributed by atoms with E-state index in [2.05, 4.69) is 9.97 Å². The zero-order chi connectivity index (χ0) is 22.0. The molecular formula is C19H18N4O6S. The number of aryl methyl sites for hydroxylation is 2. The lowest BCUT2D eigenvalue weighted by atomic mass is 10.1. The number of rotatable bonds is 6. The Morgan fingerprint density at radius 3 is 2.60 bits per heavy atom. The van der Waals surface area contributed by atoms with E-state index < -0.39 is 16.9 Å². The average molecular weight is 430 g/mol. The first-order chi connectivity index (χ1) is 14.2. The number of anilines is 1. The van der Waals surface area contributed by atoms with Gasteiger partial charge in [-0.05, 0) is 32.4 Å². The number of hydrogen-bond donors (Lipinski definition) is 1. The Morgan fingerprint density at radius 2 is 1.93 bits per heavy atom. The van der Waals surface area contributed by atoms with E-state index in [9.17, 15) is 19.7 Å². The van der Waals surface area contributed by atoms with Gasteiger partial charge in [-0.3, -0.25) is 10.1 Å². The van der Waals surface area contributed by atoms with Gasteiger partial charge in [0.25, 0.3) is 5.69 Å². The number of esters is 2. The lowest BCUT2D eigenvalue weighted by molar-refractivity contribution is -0.385. The van der Waals surface area contributed by atoms with E-state index in [1.54, 1.807) is 13.8 Å². The molecule has 0 bridgehead atoms. The average Bonchev–Trinajstić information content (AvgIpc) is 3.02. The summed E-state index contributed by atoms with van der Waals surface area (Å²) in [7, 11) is 0. The van der Waals surface area contributed by atoms with Crippen molar-refractivity contribution in [2.45, 2.75) is 27.4 Å². The normalized spacial score (nSPS) is 10.8. The molecule has 10 nitrogen and oxygen atoms in total.